The molecule has 2 heterocycles. The summed E-state index contributed by atoms with van der Waals surface area (Å²) in [5, 5.41) is 0. The van der Waals surface area contributed by atoms with Gasteiger partial charge in [-0.15, -0.1) is 0 Å². The molecule has 2 nitrogen and oxygen atoms in total. The zero-order valence-electron chi connectivity index (χ0n) is 5.72. The maximum absolute atomic E-state index is 11.0. The van der Waals surface area contributed by atoms with Crippen LogP contribution in [0.15, 0.2) is 0 Å². The fraction of sp³-hybridized carbons (Fsp3) is 0.857. The van der Waals surface area contributed by atoms with Crippen LogP contribution in [0.1, 0.15) is 25.7 Å². The summed E-state index contributed by atoms with van der Waals surface area (Å²) in [6.07, 6.45) is 4.08. The van der Waals surface area contributed by atoms with Gasteiger partial charge in [0.1, 0.15) is 5.78 Å². The smallest absolute Gasteiger partial charge is 0.136 e. The molecule has 2 aliphatic rings. The quantitative estimate of drug-likeness (QED) is 0.480. The number of halogens is 1. The summed E-state index contributed by atoms with van der Waals surface area (Å²) in [7, 11) is 0. The summed E-state index contributed by atoms with van der Waals surface area (Å²) in [6.45, 7) is 0. The van der Waals surface area contributed by atoms with E-state index in [4.69, 9.17) is 0 Å². The third-order valence-electron chi connectivity index (χ3n) is 2.46. The Kier molecular flexibility index (Phi) is 1.72. The standard InChI is InChI=1S/C7H10INO/c8-9-5-1-2-6(9)4-7(10)3-5/h5-6H,1-4H2. The topological polar surface area (TPSA) is 20.3 Å². The van der Waals surface area contributed by atoms with Crippen LogP contribution in [0, 0.1) is 0 Å². The number of Topliss-reactive ketones (excluding diaryl/α,β-unsaturated/α-hetero) is 1. The SMILES string of the molecule is O=C1CC2CCC(C1)N2I. The summed E-state index contributed by atoms with van der Waals surface area (Å²) in [4.78, 5) is 11.0. The van der Waals surface area contributed by atoms with E-state index in [1.165, 1.54) is 12.8 Å². The molecular formula is C7H10INO. The lowest BCUT2D eigenvalue weighted by molar-refractivity contribution is -0.121. The highest BCUT2D eigenvalue weighted by atomic mass is 127. The van der Waals surface area contributed by atoms with E-state index in [9.17, 15) is 4.79 Å². The third kappa shape index (κ3) is 0.993. The van der Waals surface area contributed by atoms with Gasteiger partial charge in [-0.2, -0.15) is 0 Å². The van der Waals surface area contributed by atoms with Crippen LogP contribution < -0.4 is 0 Å². The van der Waals surface area contributed by atoms with Gasteiger partial charge in [-0.25, -0.2) is 3.11 Å². The van der Waals surface area contributed by atoms with Gasteiger partial charge in [0.05, 0.1) is 0 Å². The van der Waals surface area contributed by atoms with Crippen molar-refractivity contribution in [1.82, 2.24) is 3.11 Å². The minimum absolute atomic E-state index is 0.473. The average molecular weight is 251 g/mol. The highest BCUT2D eigenvalue weighted by Gasteiger charge is 2.38. The number of ketones is 1. The number of piperidine rings is 1. The summed E-state index contributed by atoms with van der Waals surface area (Å²) in [6, 6.07) is 1.15. The molecule has 2 bridgehead atoms. The molecule has 56 valence electrons. The lowest BCUT2D eigenvalue weighted by Gasteiger charge is -2.27. The van der Waals surface area contributed by atoms with Gasteiger partial charge >= 0.3 is 0 Å². The number of hydrogen-bond donors (Lipinski definition) is 0. The van der Waals surface area contributed by atoms with Crippen molar-refractivity contribution in [3.63, 3.8) is 0 Å². The Hall–Kier alpha value is 0.360. The molecule has 2 rings (SSSR count). The third-order valence-corrected chi connectivity index (χ3v) is 4.03. The maximum atomic E-state index is 11.0. The van der Waals surface area contributed by atoms with Crippen LogP contribution in [0.25, 0.3) is 0 Å². The zero-order valence-corrected chi connectivity index (χ0v) is 7.87. The van der Waals surface area contributed by atoms with E-state index in [-0.39, 0.29) is 0 Å². The molecule has 0 aromatic rings. The minimum atomic E-state index is 0.473. The molecule has 2 aliphatic heterocycles. The largest absolute Gasteiger partial charge is 0.300 e. The van der Waals surface area contributed by atoms with Gasteiger partial charge in [0, 0.05) is 47.8 Å². The molecule has 10 heavy (non-hydrogen) atoms. The van der Waals surface area contributed by atoms with Crippen LogP contribution in [0.3, 0.4) is 0 Å². The first kappa shape index (κ1) is 7.03. The van der Waals surface area contributed by atoms with E-state index in [2.05, 4.69) is 26.0 Å². The minimum Gasteiger partial charge on any atom is -0.300 e. The number of fused-ring (bicyclic) bond motifs is 2. The van der Waals surface area contributed by atoms with Gasteiger partial charge in [-0.3, -0.25) is 4.79 Å². The Balaban J connectivity index is 2.16. The molecule has 0 amide bonds. The van der Waals surface area contributed by atoms with Crippen molar-refractivity contribution in [2.45, 2.75) is 37.8 Å². The number of carbonyl (C=O) groups is 1. The summed E-state index contributed by atoms with van der Waals surface area (Å²) < 4.78 is 2.35. The van der Waals surface area contributed by atoms with Crippen LogP contribution in [-0.4, -0.2) is 21.0 Å². The molecule has 0 aliphatic carbocycles. The van der Waals surface area contributed by atoms with E-state index in [1.54, 1.807) is 0 Å². The lowest BCUT2D eigenvalue weighted by atomic mass is 10.1. The van der Waals surface area contributed by atoms with Crippen molar-refractivity contribution in [1.29, 1.82) is 0 Å². The molecular weight excluding hydrogens is 241 g/mol. The monoisotopic (exact) mass is 251 g/mol. The Morgan fingerprint density at radius 2 is 1.80 bits per heavy atom. The highest BCUT2D eigenvalue weighted by molar-refractivity contribution is 14.1. The van der Waals surface area contributed by atoms with Crippen molar-refractivity contribution in [3.05, 3.63) is 0 Å². The van der Waals surface area contributed by atoms with Crippen LogP contribution in [0.5, 0.6) is 0 Å². The van der Waals surface area contributed by atoms with E-state index < -0.39 is 0 Å². The molecule has 0 saturated carbocycles. The number of rotatable bonds is 0. The molecule has 0 N–H and O–H groups in total. The molecule has 2 atom stereocenters. The van der Waals surface area contributed by atoms with Gasteiger partial charge in [0.2, 0.25) is 0 Å². The van der Waals surface area contributed by atoms with Crippen LogP contribution in [0.4, 0.5) is 0 Å². The second-order valence-electron chi connectivity index (χ2n) is 3.18. The highest BCUT2D eigenvalue weighted by Crippen LogP contribution is 2.36. The van der Waals surface area contributed by atoms with Gasteiger partial charge in [-0.05, 0) is 12.8 Å². The van der Waals surface area contributed by atoms with Crippen LogP contribution >= 0.6 is 22.9 Å². The second-order valence-corrected chi connectivity index (χ2v) is 4.29. The van der Waals surface area contributed by atoms with E-state index >= 15 is 0 Å². The van der Waals surface area contributed by atoms with Gasteiger partial charge < -0.3 is 0 Å². The summed E-state index contributed by atoms with van der Waals surface area (Å²) >= 11 is 2.36. The number of nitrogens with zero attached hydrogens (tertiary/aromatic N) is 1. The average Bonchev–Trinajstić information content (AvgIpc) is 2.20. The predicted octanol–water partition coefficient (Wildman–Crippen LogP) is 1.53. The van der Waals surface area contributed by atoms with Gasteiger partial charge in [0.25, 0.3) is 0 Å². The first-order valence-electron chi connectivity index (χ1n) is 3.73. The number of carbonyl (C=O) groups excluding carboxylic acids is 1. The zero-order chi connectivity index (χ0) is 7.14. The van der Waals surface area contributed by atoms with E-state index in [1.807, 2.05) is 0 Å². The Morgan fingerprint density at radius 1 is 1.30 bits per heavy atom. The van der Waals surface area contributed by atoms with Crippen molar-refractivity contribution < 1.29 is 4.79 Å². The molecule has 0 radical (unpaired) electrons. The Labute approximate surface area is 74.5 Å². The summed E-state index contributed by atoms with van der Waals surface area (Å²) in [5.74, 6) is 0.473. The molecule has 3 heteroatoms. The van der Waals surface area contributed by atoms with E-state index in [0.29, 0.717) is 17.9 Å². The fourth-order valence-electron chi connectivity index (χ4n) is 1.92. The molecule has 0 spiro atoms. The summed E-state index contributed by atoms with van der Waals surface area (Å²) in [5.41, 5.74) is 0. The molecule has 2 unspecified atom stereocenters. The first-order valence-corrected chi connectivity index (χ1v) is 4.69. The normalized spacial score (nSPS) is 40.7. The number of hydrogen-bond acceptors (Lipinski definition) is 2. The predicted molar refractivity (Wildman–Crippen MR) is 46.9 cm³/mol. The maximum Gasteiger partial charge on any atom is 0.136 e. The molecule has 0 aromatic carbocycles. The Morgan fingerprint density at radius 3 is 2.30 bits per heavy atom. The van der Waals surface area contributed by atoms with Crippen molar-refractivity contribution in [2.75, 3.05) is 0 Å². The van der Waals surface area contributed by atoms with Crippen LogP contribution in [-0.2, 0) is 4.79 Å². The van der Waals surface area contributed by atoms with Crippen molar-refractivity contribution in [3.8, 4) is 0 Å². The van der Waals surface area contributed by atoms with E-state index in [0.717, 1.165) is 12.8 Å². The van der Waals surface area contributed by atoms with Crippen molar-refractivity contribution in [2.24, 2.45) is 0 Å². The van der Waals surface area contributed by atoms with Gasteiger partial charge in [0.15, 0.2) is 0 Å². The first-order chi connectivity index (χ1) is 4.77. The molecule has 2 saturated heterocycles. The van der Waals surface area contributed by atoms with Gasteiger partial charge in [-0.1, -0.05) is 0 Å². The van der Waals surface area contributed by atoms with Crippen LogP contribution in [0.2, 0.25) is 0 Å². The lowest BCUT2D eigenvalue weighted by Crippen LogP contribution is -2.35. The molecule has 0 aromatic heterocycles. The molecule has 2 fully saturated rings. The fourth-order valence-corrected chi connectivity index (χ4v) is 2.87. The Bertz CT molecular complexity index is 155. The van der Waals surface area contributed by atoms with Crippen molar-refractivity contribution >= 4 is 28.6 Å². The second kappa shape index (κ2) is 2.44.